The lowest BCUT2D eigenvalue weighted by Crippen LogP contribution is -2.50. The second-order valence-corrected chi connectivity index (χ2v) is 14.9. The van der Waals surface area contributed by atoms with Crippen LogP contribution in [-0.2, 0) is 28.8 Å². The zero-order valence-electron chi connectivity index (χ0n) is 23.9. The van der Waals surface area contributed by atoms with Gasteiger partial charge in [-0.3, -0.25) is 33.7 Å². The summed E-state index contributed by atoms with van der Waals surface area (Å²) in [4.78, 5) is 82.1. The van der Waals surface area contributed by atoms with Crippen molar-refractivity contribution in [1.82, 2.24) is 4.90 Å². The summed E-state index contributed by atoms with van der Waals surface area (Å²) in [6.07, 6.45) is 1.56. The molecule has 1 saturated heterocycles. The number of rotatable bonds is 5. The third-order valence-electron chi connectivity index (χ3n) is 13.5. The SMILES string of the molecule is CCC1C(=O)C2C(C1=O)C1(C)CC2(C)C(C)C1C(=O)CC(=O)C1C(C)C2(C)CC1(C)C1C(=O)N(C)C(=O)C12. The Kier molecular flexibility index (Phi) is 5.01. The minimum absolute atomic E-state index is 0.00788. The molecule has 1 aliphatic heterocycles. The number of carbonyl (C=O) groups is 6. The second-order valence-electron chi connectivity index (χ2n) is 14.9. The first kappa shape index (κ1) is 26.1. The van der Waals surface area contributed by atoms with E-state index in [9.17, 15) is 28.8 Å². The van der Waals surface area contributed by atoms with Crippen molar-refractivity contribution in [1.29, 1.82) is 0 Å². The minimum Gasteiger partial charge on any atom is -0.299 e. The molecule has 0 aromatic heterocycles. The Balaban J connectivity index is 1.29. The topological polar surface area (TPSA) is 106 Å². The normalized spacial score (nSPS) is 54.3. The van der Waals surface area contributed by atoms with Crippen LogP contribution in [0.5, 0.6) is 0 Å². The third-order valence-corrected chi connectivity index (χ3v) is 13.5. The summed E-state index contributed by atoms with van der Waals surface area (Å²) in [7, 11) is 1.53. The molecule has 6 fully saturated rings. The molecule has 0 N–H and O–H groups in total. The number of Topliss-reactive ketones (excluding diaryl/α,β-unsaturated/α-hetero) is 4. The third kappa shape index (κ3) is 2.54. The molecular weight excluding hydrogens is 482 g/mol. The first-order valence-corrected chi connectivity index (χ1v) is 14.5. The van der Waals surface area contributed by atoms with E-state index in [-0.39, 0.29) is 59.1 Å². The molecule has 0 aromatic rings. The number of hydrogen-bond donors (Lipinski definition) is 0. The van der Waals surface area contributed by atoms with Crippen molar-refractivity contribution in [2.45, 2.75) is 74.1 Å². The number of fused-ring (bicyclic) bond motifs is 10. The number of nitrogens with zero attached hydrogens (tertiary/aromatic N) is 1. The van der Waals surface area contributed by atoms with Gasteiger partial charge in [0.1, 0.15) is 23.1 Å². The highest BCUT2D eigenvalue weighted by atomic mass is 16.2. The van der Waals surface area contributed by atoms with Crippen molar-refractivity contribution in [2.24, 2.45) is 74.9 Å². The van der Waals surface area contributed by atoms with Crippen molar-refractivity contribution < 1.29 is 28.8 Å². The van der Waals surface area contributed by atoms with E-state index in [1.807, 2.05) is 41.5 Å². The molecule has 7 heteroatoms. The van der Waals surface area contributed by atoms with Gasteiger partial charge < -0.3 is 0 Å². The summed E-state index contributed by atoms with van der Waals surface area (Å²) in [5, 5.41) is 0. The zero-order valence-corrected chi connectivity index (χ0v) is 23.9. The molecule has 5 aliphatic carbocycles. The molecule has 13 atom stereocenters. The summed E-state index contributed by atoms with van der Waals surface area (Å²) in [6, 6.07) is 0. The van der Waals surface area contributed by atoms with E-state index in [0.29, 0.717) is 19.3 Å². The maximum Gasteiger partial charge on any atom is 0.233 e. The Labute approximate surface area is 224 Å². The molecule has 4 bridgehead atoms. The van der Waals surface area contributed by atoms with E-state index in [4.69, 9.17) is 0 Å². The van der Waals surface area contributed by atoms with Gasteiger partial charge in [0.05, 0.1) is 24.2 Å². The Morgan fingerprint density at radius 1 is 0.711 bits per heavy atom. The zero-order chi connectivity index (χ0) is 28.1. The van der Waals surface area contributed by atoms with Crippen molar-refractivity contribution in [3.63, 3.8) is 0 Å². The fourth-order valence-corrected chi connectivity index (χ4v) is 12.0. The molecule has 38 heavy (non-hydrogen) atoms. The number of hydrogen-bond acceptors (Lipinski definition) is 6. The van der Waals surface area contributed by atoms with E-state index in [1.165, 1.54) is 11.9 Å². The van der Waals surface area contributed by atoms with Crippen LogP contribution in [0.4, 0.5) is 0 Å². The predicted molar refractivity (Wildman–Crippen MR) is 137 cm³/mol. The first-order valence-electron chi connectivity index (χ1n) is 14.5. The van der Waals surface area contributed by atoms with Crippen molar-refractivity contribution in [2.75, 3.05) is 7.05 Å². The maximum absolute atomic E-state index is 14.0. The van der Waals surface area contributed by atoms with E-state index in [0.717, 1.165) is 0 Å². The van der Waals surface area contributed by atoms with E-state index in [1.54, 1.807) is 0 Å². The van der Waals surface area contributed by atoms with Crippen LogP contribution in [-0.4, -0.2) is 46.9 Å². The molecule has 2 amide bonds. The monoisotopic (exact) mass is 523 g/mol. The van der Waals surface area contributed by atoms with Gasteiger partial charge in [0.25, 0.3) is 0 Å². The number of imide groups is 1. The molecule has 206 valence electrons. The van der Waals surface area contributed by atoms with Gasteiger partial charge in [-0.15, -0.1) is 0 Å². The molecule has 7 nitrogen and oxygen atoms in total. The lowest BCUT2D eigenvalue weighted by Gasteiger charge is -2.45. The molecule has 6 rings (SSSR count). The molecular formula is C31H41NO6. The Morgan fingerprint density at radius 2 is 1.08 bits per heavy atom. The van der Waals surface area contributed by atoms with Gasteiger partial charge in [0.15, 0.2) is 0 Å². The Morgan fingerprint density at radius 3 is 1.53 bits per heavy atom. The van der Waals surface area contributed by atoms with E-state index >= 15 is 0 Å². The highest BCUT2D eigenvalue weighted by molar-refractivity contribution is 6.14. The minimum atomic E-state index is -0.656. The predicted octanol–water partition coefficient (Wildman–Crippen LogP) is 3.52. The Bertz CT molecular complexity index is 1240. The highest BCUT2D eigenvalue weighted by Gasteiger charge is 2.78. The molecule has 5 saturated carbocycles. The molecule has 1 heterocycles. The van der Waals surface area contributed by atoms with E-state index in [2.05, 4.69) is 6.92 Å². The largest absolute Gasteiger partial charge is 0.299 e. The summed E-state index contributed by atoms with van der Waals surface area (Å²) < 4.78 is 0. The van der Waals surface area contributed by atoms with Crippen molar-refractivity contribution in [3.05, 3.63) is 0 Å². The number of ketones is 4. The fourth-order valence-electron chi connectivity index (χ4n) is 12.0. The lowest BCUT2D eigenvalue weighted by molar-refractivity contribution is -0.145. The quantitative estimate of drug-likeness (QED) is 0.403. The van der Waals surface area contributed by atoms with Crippen molar-refractivity contribution >= 4 is 34.9 Å². The van der Waals surface area contributed by atoms with Crippen LogP contribution in [0.3, 0.4) is 0 Å². The van der Waals surface area contributed by atoms with Gasteiger partial charge in [-0.05, 0) is 52.8 Å². The first-order chi connectivity index (χ1) is 17.5. The van der Waals surface area contributed by atoms with Crippen LogP contribution in [0, 0.1) is 74.9 Å². The van der Waals surface area contributed by atoms with Gasteiger partial charge in [-0.2, -0.15) is 0 Å². The number of likely N-dealkylation sites (tertiary alicyclic amines) is 1. The molecule has 0 aromatic carbocycles. The average Bonchev–Trinajstić information content (AvgIpc) is 3.51. The summed E-state index contributed by atoms with van der Waals surface area (Å²) >= 11 is 0. The van der Waals surface area contributed by atoms with Crippen LogP contribution in [0.1, 0.15) is 74.1 Å². The van der Waals surface area contributed by atoms with Crippen molar-refractivity contribution in [3.8, 4) is 0 Å². The van der Waals surface area contributed by atoms with E-state index < -0.39 is 57.2 Å². The average molecular weight is 524 g/mol. The highest BCUT2D eigenvalue weighted by Crippen LogP contribution is 2.76. The van der Waals surface area contributed by atoms with Crippen LogP contribution in [0.25, 0.3) is 0 Å². The van der Waals surface area contributed by atoms with Crippen LogP contribution < -0.4 is 0 Å². The van der Waals surface area contributed by atoms with Crippen LogP contribution in [0.15, 0.2) is 0 Å². The van der Waals surface area contributed by atoms with Gasteiger partial charge in [-0.25, -0.2) is 0 Å². The molecule has 0 radical (unpaired) electrons. The standard InChI is InChI=1S/C31H41NO6/c1-9-15-24(35)20-21(25(15)36)30(6)11-28(20,4)13(2)18(30)16(33)10-17(34)19-14(3)29(5)12-31(19,7)23-22(29)26(37)32(8)27(23)38/h13-15,18-23H,9-12H2,1-8H3. The van der Waals surface area contributed by atoms with Gasteiger partial charge in [-0.1, -0.05) is 48.5 Å². The van der Waals surface area contributed by atoms with Gasteiger partial charge in [0, 0.05) is 30.7 Å². The second kappa shape index (κ2) is 7.31. The maximum atomic E-state index is 14.0. The number of carbonyl (C=O) groups excluding carboxylic acids is 6. The van der Waals surface area contributed by atoms with Gasteiger partial charge in [0.2, 0.25) is 11.8 Å². The summed E-state index contributed by atoms with van der Waals surface area (Å²) in [5.41, 5.74) is -2.16. The number of amides is 2. The molecule has 6 aliphatic rings. The van der Waals surface area contributed by atoms with Crippen LogP contribution in [0.2, 0.25) is 0 Å². The smallest absolute Gasteiger partial charge is 0.233 e. The summed E-state index contributed by atoms with van der Waals surface area (Å²) in [6.45, 7) is 14.0. The lowest BCUT2D eigenvalue weighted by atomic mass is 9.56. The molecule has 0 spiro atoms. The fraction of sp³-hybridized carbons (Fsp3) is 0.806. The molecule has 13 unspecified atom stereocenters. The Hall–Kier alpha value is -2.18. The summed E-state index contributed by atoms with van der Waals surface area (Å²) in [5.74, 6) is -3.96. The van der Waals surface area contributed by atoms with Gasteiger partial charge >= 0.3 is 0 Å². The van der Waals surface area contributed by atoms with Crippen LogP contribution >= 0.6 is 0 Å².